The highest BCUT2D eigenvalue weighted by Gasteiger charge is 2.19. The van der Waals surface area contributed by atoms with Gasteiger partial charge in [-0.15, -0.1) is 0 Å². The van der Waals surface area contributed by atoms with Crippen molar-refractivity contribution in [1.29, 1.82) is 0 Å². The molecule has 0 aliphatic carbocycles. The van der Waals surface area contributed by atoms with Crippen molar-refractivity contribution in [2.24, 2.45) is 17.8 Å². The van der Waals surface area contributed by atoms with E-state index in [1.165, 1.54) is 193 Å². The lowest BCUT2D eigenvalue weighted by Crippen LogP contribution is -2.30. The van der Waals surface area contributed by atoms with Crippen molar-refractivity contribution in [3.63, 3.8) is 0 Å². The molecule has 0 aromatic carbocycles. The number of carbonyl (C=O) groups excluding carboxylic acids is 3. The first-order valence-corrected chi connectivity index (χ1v) is 28.2. The Balaban J connectivity index is 4.21. The largest absolute Gasteiger partial charge is 0.462 e. The zero-order valence-electron chi connectivity index (χ0n) is 43.4. The standard InChI is InChI=1S/C57H110O6/c1-7-52(5)44-38-32-26-22-19-20-24-28-35-41-47-56(59)62-50-54(63-57(60)48-42-36-30-29-33-39-45-53(6)8-2)49-61-55(58)46-40-34-27-23-18-16-14-12-10-9-11-13-15-17-21-25-31-37-43-51(3)4/h51-54H,7-50H2,1-6H3/t52?,53?,54-/m0/s1. The Hall–Kier alpha value is -1.59. The average Bonchev–Trinajstić information content (AvgIpc) is 3.27. The van der Waals surface area contributed by atoms with Gasteiger partial charge in [-0.25, -0.2) is 0 Å². The van der Waals surface area contributed by atoms with E-state index >= 15 is 0 Å². The Morgan fingerprint density at radius 3 is 0.825 bits per heavy atom. The van der Waals surface area contributed by atoms with E-state index in [4.69, 9.17) is 14.2 Å². The lowest BCUT2D eigenvalue weighted by Gasteiger charge is -2.18. The van der Waals surface area contributed by atoms with Crippen LogP contribution in [0.2, 0.25) is 0 Å². The van der Waals surface area contributed by atoms with Gasteiger partial charge in [0.15, 0.2) is 6.10 Å². The molecule has 0 bridgehead atoms. The highest BCUT2D eigenvalue weighted by atomic mass is 16.6. The Bertz CT molecular complexity index is 980. The zero-order valence-corrected chi connectivity index (χ0v) is 43.4. The van der Waals surface area contributed by atoms with Gasteiger partial charge in [0.2, 0.25) is 0 Å². The number of hydrogen-bond acceptors (Lipinski definition) is 6. The second-order valence-corrected chi connectivity index (χ2v) is 20.5. The summed E-state index contributed by atoms with van der Waals surface area (Å²) < 4.78 is 16.8. The zero-order chi connectivity index (χ0) is 46.3. The molecule has 0 heterocycles. The summed E-state index contributed by atoms with van der Waals surface area (Å²) in [4.78, 5) is 38.0. The molecule has 0 fully saturated rings. The molecule has 3 atom stereocenters. The molecule has 0 aliphatic heterocycles. The molecule has 0 saturated heterocycles. The third-order valence-electron chi connectivity index (χ3n) is 13.6. The number of ether oxygens (including phenoxy) is 3. The monoisotopic (exact) mass is 891 g/mol. The van der Waals surface area contributed by atoms with E-state index in [-0.39, 0.29) is 31.1 Å². The van der Waals surface area contributed by atoms with Crippen LogP contribution in [0.25, 0.3) is 0 Å². The fraction of sp³-hybridized carbons (Fsp3) is 0.947. The van der Waals surface area contributed by atoms with Gasteiger partial charge in [-0.05, 0) is 37.0 Å². The first kappa shape index (κ1) is 61.4. The molecule has 0 aromatic heterocycles. The molecule has 0 saturated carbocycles. The molecule has 63 heavy (non-hydrogen) atoms. The van der Waals surface area contributed by atoms with Crippen LogP contribution in [0.4, 0.5) is 0 Å². The minimum Gasteiger partial charge on any atom is -0.462 e. The topological polar surface area (TPSA) is 78.9 Å². The molecule has 6 nitrogen and oxygen atoms in total. The van der Waals surface area contributed by atoms with Crippen LogP contribution in [0.15, 0.2) is 0 Å². The molecule has 0 radical (unpaired) electrons. The first-order valence-electron chi connectivity index (χ1n) is 28.2. The lowest BCUT2D eigenvalue weighted by molar-refractivity contribution is -0.167. The van der Waals surface area contributed by atoms with Gasteiger partial charge >= 0.3 is 17.9 Å². The lowest BCUT2D eigenvalue weighted by atomic mass is 9.99. The minimum absolute atomic E-state index is 0.0649. The van der Waals surface area contributed by atoms with Crippen LogP contribution >= 0.6 is 0 Å². The highest BCUT2D eigenvalue weighted by molar-refractivity contribution is 5.71. The smallest absolute Gasteiger partial charge is 0.306 e. The maximum atomic E-state index is 12.8. The van der Waals surface area contributed by atoms with Crippen LogP contribution in [0, 0.1) is 17.8 Å². The number of esters is 3. The van der Waals surface area contributed by atoms with Crippen molar-refractivity contribution in [2.45, 2.75) is 317 Å². The van der Waals surface area contributed by atoms with Crippen molar-refractivity contribution >= 4 is 17.9 Å². The predicted octanol–water partition coefficient (Wildman–Crippen LogP) is 18.3. The van der Waals surface area contributed by atoms with Gasteiger partial charge in [-0.3, -0.25) is 14.4 Å². The van der Waals surface area contributed by atoms with E-state index in [9.17, 15) is 14.4 Å². The van der Waals surface area contributed by atoms with Gasteiger partial charge in [0.05, 0.1) is 0 Å². The van der Waals surface area contributed by atoms with Gasteiger partial charge in [-0.1, -0.05) is 273 Å². The van der Waals surface area contributed by atoms with Gasteiger partial charge in [-0.2, -0.15) is 0 Å². The van der Waals surface area contributed by atoms with Gasteiger partial charge in [0.25, 0.3) is 0 Å². The second-order valence-electron chi connectivity index (χ2n) is 20.5. The highest BCUT2D eigenvalue weighted by Crippen LogP contribution is 2.19. The summed E-state index contributed by atoms with van der Waals surface area (Å²) in [5, 5.41) is 0. The Kier molecular flexibility index (Phi) is 47.1. The van der Waals surface area contributed by atoms with Gasteiger partial charge in [0.1, 0.15) is 13.2 Å². The second kappa shape index (κ2) is 48.3. The summed E-state index contributed by atoms with van der Waals surface area (Å²) in [6.07, 6.45) is 49.5. The Morgan fingerprint density at radius 2 is 0.556 bits per heavy atom. The number of hydrogen-bond donors (Lipinski definition) is 0. The van der Waals surface area contributed by atoms with E-state index in [1.54, 1.807) is 0 Å². The number of carbonyl (C=O) groups is 3. The van der Waals surface area contributed by atoms with Crippen molar-refractivity contribution in [2.75, 3.05) is 13.2 Å². The number of rotatable bonds is 50. The molecule has 0 amide bonds. The minimum atomic E-state index is -0.764. The van der Waals surface area contributed by atoms with Crippen LogP contribution in [0.1, 0.15) is 311 Å². The fourth-order valence-corrected chi connectivity index (χ4v) is 8.58. The van der Waals surface area contributed by atoms with E-state index in [0.29, 0.717) is 19.3 Å². The van der Waals surface area contributed by atoms with Crippen LogP contribution in [-0.4, -0.2) is 37.2 Å². The fourth-order valence-electron chi connectivity index (χ4n) is 8.58. The first-order chi connectivity index (χ1) is 30.7. The van der Waals surface area contributed by atoms with Crippen molar-refractivity contribution in [3.05, 3.63) is 0 Å². The molecule has 0 aromatic rings. The molecular weight excluding hydrogens is 781 g/mol. The Morgan fingerprint density at radius 1 is 0.317 bits per heavy atom. The molecule has 0 N–H and O–H groups in total. The third-order valence-corrected chi connectivity index (χ3v) is 13.6. The summed E-state index contributed by atoms with van der Waals surface area (Å²) in [5.41, 5.74) is 0. The van der Waals surface area contributed by atoms with E-state index in [1.807, 2.05) is 0 Å². The van der Waals surface area contributed by atoms with E-state index in [0.717, 1.165) is 75.5 Å². The normalized spacial score (nSPS) is 13.0. The maximum Gasteiger partial charge on any atom is 0.306 e. The van der Waals surface area contributed by atoms with Gasteiger partial charge < -0.3 is 14.2 Å². The van der Waals surface area contributed by atoms with E-state index < -0.39 is 6.10 Å². The molecule has 2 unspecified atom stereocenters. The van der Waals surface area contributed by atoms with Crippen LogP contribution in [0.5, 0.6) is 0 Å². The van der Waals surface area contributed by atoms with Crippen LogP contribution in [-0.2, 0) is 28.6 Å². The summed E-state index contributed by atoms with van der Waals surface area (Å²) in [5.74, 6) is 1.69. The maximum absolute atomic E-state index is 12.8. The quantitative estimate of drug-likeness (QED) is 0.0344. The summed E-state index contributed by atoms with van der Waals surface area (Å²) in [6, 6.07) is 0. The average molecular weight is 892 g/mol. The molecule has 0 spiro atoms. The molecule has 374 valence electrons. The third kappa shape index (κ3) is 48.2. The predicted molar refractivity (Wildman–Crippen MR) is 270 cm³/mol. The van der Waals surface area contributed by atoms with Crippen molar-refractivity contribution in [3.8, 4) is 0 Å². The van der Waals surface area contributed by atoms with Crippen LogP contribution < -0.4 is 0 Å². The summed E-state index contributed by atoms with van der Waals surface area (Å²) in [7, 11) is 0. The van der Waals surface area contributed by atoms with Crippen molar-refractivity contribution in [1.82, 2.24) is 0 Å². The van der Waals surface area contributed by atoms with Gasteiger partial charge in [0, 0.05) is 19.3 Å². The summed E-state index contributed by atoms with van der Waals surface area (Å²) in [6.45, 7) is 13.8. The molecular formula is C57H110O6. The van der Waals surface area contributed by atoms with Crippen LogP contribution in [0.3, 0.4) is 0 Å². The van der Waals surface area contributed by atoms with E-state index in [2.05, 4.69) is 41.5 Å². The molecule has 6 heteroatoms. The SMILES string of the molecule is CCC(C)CCCCCCCCCCCCC(=O)OC[C@H](COC(=O)CCCCCCCCCCCCCCCCCCCCC(C)C)OC(=O)CCCCCCCCC(C)CC. The summed E-state index contributed by atoms with van der Waals surface area (Å²) >= 11 is 0. The van der Waals surface area contributed by atoms with Crippen molar-refractivity contribution < 1.29 is 28.6 Å². The number of unbranched alkanes of at least 4 members (excludes halogenated alkanes) is 31. The molecule has 0 rings (SSSR count). The Labute approximate surface area is 393 Å². The molecule has 0 aliphatic rings.